The molecule has 0 aromatic heterocycles. The van der Waals surface area contributed by atoms with Gasteiger partial charge in [0.05, 0.1) is 11.4 Å². The molecule has 5 rings (SSSR count). The summed E-state index contributed by atoms with van der Waals surface area (Å²) < 4.78 is 0. The number of oxime groups is 2. The van der Waals surface area contributed by atoms with Gasteiger partial charge in [0, 0.05) is 18.9 Å². The van der Waals surface area contributed by atoms with E-state index in [1.807, 2.05) is 0 Å². The van der Waals surface area contributed by atoms with Crippen molar-refractivity contribution in [2.45, 2.75) is 77.7 Å². The second kappa shape index (κ2) is 7.65. The second-order valence-corrected chi connectivity index (χ2v) is 11.1. The van der Waals surface area contributed by atoms with Crippen LogP contribution < -0.4 is 5.32 Å². The molecule has 7 atom stereocenters. The van der Waals surface area contributed by atoms with Gasteiger partial charge in [-0.2, -0.15) is 0 Å². The van der Waals surface area contributed by atoms with Gasteiger partial charge in [0.1, 0.15) is 13.2 Å². The van der Waals surface area contributed by atoms with Crippen LogP contribution >= 0.6 is 0 Å². The largest absolute Gasteiger partial charge is 0.399 e. The lowest BCUT2D eigenvalue weighted by atomic mass is 9.44. The molecule has 0 aromatic carbocycles. The average Bonchev–Trinajstić information content (AvgIpc) is 3.35. The molecule has 4 aliphatic carbocycles. The molecule has 0 radical (unpaired) electrons. The van der Waals surface area contributed by atoms with Crippen molar-refractivity contribution >= 4 is 11.4 Å². The van der Waals surface area contributed by atoms with E-state index in [-0.39, 0.29) is 6.10 Å². The summed E-state index contributed by atoms with van der Waals surface area (Å²) in [6.45, 7) is 11.5. The van der Waals surface area contributed by atoms with Crippen LogP contribution in [-0.4, -0.2) is 37.7 Å². The molecule has 30 heavy (non-hydrogen) atoms. The Kier molecular flexibility index (Phi) is 5.24. The van der Waals surface area contributed by atoms with Crippen LogP contribution in [0.15, 0.2) is 22.5 Å². The third-order valence-corrected chi connectivity index (χ3v) is 9.83. The Hall–Kier alpha value is -1.36. The van der Waals surface area contributed by atoms with Crippen LogP contribution in [-0.2, 0) is 9.68 Å². The smallest absolute Gasteiger partial charge is 0.141 e. The third kappa shape index (κ3) is 3.14. The van der Waals surface area contributed by atoms with Crippen molar-refractivity contribution < 1.29 is 9.68 Å². The predicted octanol–water partition coefficient (Wildman–Crippen LogP) is 4.93. The minimum absolute atomic E-state index is 0.236. The maximum Gasteiger partial charge on any atom is 0.141 e. The maximum absolute atomic E-state index is 5.88. The molecule has 0 amide bonds. The minimum atomic E-state index is 0.236. The molecule has 5 fully saturated rings. The maximum atomic E-state index is 5.88. The Labute approximate surface area is 181 Å². The van der Waals surface area contributed by atoms with Gasteiger partial charge >= 0.3 is 0 Å². The van der Waals surface area contributed by atoms with E-state index in [0.29, 0.717) is 16.7 Å². The van der Waals surface area contributed by atoms with Crippen molar-refractivity contribution in [1.82, 2.24) is 5.32 Å². The van der Waals surface area contributed by atoms with Crippen molar-refractivity contribution in [2.24, 2.45) is 44.8 Å². The highest BCUT2D eigenvalue weighted by Gasteiger charge is 2.60. The zero-order valence-corrected chi connectivity index (χ0v) is 19.1. The highest BCUT2D eigenvalue weighted by atomic mass is 16.6. The monoisotopic (exact) mass is 413 g/mol. The third-order valence-electron chi connectivity index (χ3n) is 9.83. The van der Waals surface area contributed by atoms with Crippen LogP contribution in [0.25, 0.3) is 0 Å². The summed E-state index contributed by atoms with van der Waals surface area (Å²) in [6, 6.07) is 0. The molecule has 5 heteroatoms. The summed E-state index contributed by atoms with van der Waals surface area (Å²) >= 11 is 0. The minimum Gasteiger partial charge on any atom is -0.399 e. The molecule has 4 saturated carbocycles. The molecule has 1 N–H and O–H groups in total. The van der Waals surface area contributed by atoms with Gasteiger partial charge < -0.3 is 15.0 Å². The number of rotatable bonds is 3. The van der Waals surface area contributed by atoms with Gasteiger partial charge in [-0.3, -0.25) is 0 Å². The Balaban J connectivity index is 1.40. The number of allylic oxidation sites excluding steroid dienone is 1. The fourth-order valence-electron chi connectivity index (χ4n) is 7.95. The summed E-state index contributed by atoms with van der Waals surface area (Å²) in [5.74, 6) is 2.70. The fourth-order valence-corrected chi connectivity index (χ4v) is 7.95. The molecule has 166 valence electrons. The fraction of sp³-hybridized carbons (Fsp3) is 0.840. The molecule has 7 unspecified atom stereocenters. The van der Waals surface area contributed by atoms with Gasteiger partial charge in [0.25, 0.3) is 0 Å². The summed E-state index contributed by atoms with van der Waals surface area (Å²) in [6.07, 6.45) is 10.8. The first kappa shape index (κ1) is 20.5. The lowest BCUT2D eigenvalue weighted by Crippen LogP contribution is -2.56. The molecular formula is C25H39N3O2. The first-order valence-electron chi connectivity index (χ1n) is 12.2. The molecule has 1 heterocycles. The van der Waals surface area contributed by atoms with E-state index in [9.17, 15) is 0 Å². The van der Waals surface area contributed by atoms with Gasteiger partial charge in [0.15, 0.2) is 0 Å². The van der Waals surface area contributed by atoms with E-state index >= 15 is 0 Å². The highest BCUT2D eigenvalue weighted by molar-refractivity contribution is 5.95. The Morgan fingerprint density at radius 3 is 2.67 bits per heavy atom. The van der Waals surface area contributed by atoms with Crippen LogP contribution in [0.1, 0.15) is 71.6 Å². The molecule has 0 aromatic rings. The quantitative estimate of drug-likeness (QED) is 0.527. The summed E-state index contributed by atoms with van der Waals surface area (Å²) in [7, 11) is 1.70. The van der Waals surface area contributed by atoms with Gasteiger partial charge in [-0.05, 0) is 86.5 Å². The van der Waals surface area contributed by atoms with Gasteiger partial charge in [-0.15, -0.1) is 0 Å². The van der Waals surface area contributed by atoms with Crippen molar-refractivity contribution in [1.29, 1.82) is 0 Å². The molecule has 0 spiro atoms. The van der Waals surface area contributed by atoms with Crippen molar-refractivity contribution in [3.05, 3.63) is 12.2 Å². The predicted molar refractivity (Wildman–Crippen MR) is 120 cm³/mol. The zero-order valence-electron chi connectivity index (χ0n) is 19.1. The number of fused-ring (bicyclic) bond motifs is 5. The van der Waals surface area contributed by atoms with Gasteiger partial charge in [-0.25, -0.2) is 0 Å². The van der Waals surface area contributed by atoms with Gasteiger partial charge in [0.2, 0.25) is 0 Å². The van der Waals surface area contributed by atoms with E-state index < -0.39 is 0 Å². The molecule has 1 aliphatic heterocycles. The zero-order chi connectivity index (χ0) is 20.9. The Morgan fingerprint density at radius 1 is 1.03 bits per heavy atom. The lowest BCUT2D eigenvalue weighted by molar-refractivity contribution is -0.0474. The average molecular weight is 414 g/mol. The van der Waals surface area contributed by atoms with Crippen LogP contribution in [0.2, 0.25) is 0 Å². The van der Waals surface area contributed by atoms with E-state index in [0.717, 1.165) is 56.5 Å². The number of nitrogens with one attached hydrogen (secondary N) is 1. The van der Waals surface area contributed by atoms with Crippen molar-refractivity contribution in [2.75, 3.05) is 20.2 Å². The second-order valence-electron chi connectivity index (χ2n) is 11.1. The summed E-state index contributed by atoms with van der Waals surface area (Å²) in [5, 5.41) is 12.6. The summed E-state index contributed by atoms with van der Waals surface area (Å²) in [5.41, 5.74) is 4.63. The number of hydrogen-bond acceptors (Lipinski definition) is 5. The first-order chi connectivity index (χ1) is 14.5. The van der Waals surface area contributed by atoms with E-state index in [2.05, 4.69) is 36.1 Å². The van der Waals surface area contributed by atoms with Crippen LogP contribution in [0.3, 0.4) is 0 Å². The van der Waals surface area contributed by atoms with Gasteiger partial charge in [-0.1, -0.05) is 36.3 Å². The van der Waals surface area contributed by atoms with Crippen molar-refractivity contribution in [3.8, 4) is 0 Å². The number of nitrogens with zero attached hydrogens (tertiary/aromatic N) is 2. The molecular weight excluding hydrogens is 374 g/mol. The molecule has 5 nitrogen and oxygen atoms in total. The van der Waals surface area contributed by atoms with E-state index in [4.69, 9.17) is 9.68 Å². The van der Waals surface area contributed by atoms with Crippen LogP contribution in [0, 0.1) is 34.5 Å². The molecule has 1 saturated heterocycles. The highest BCUT2D eigenvalue weighted by Crippen LogP contribution is 2.66. The summed E-state index contributed by atoms with van der Waals surface area (Å²) in [4.78, 5) is 11.3. The van der Waals surface area contributed by atoms with E-state index in [1.54, 1.807) is 7.11 Å². The Bertz CT molecular complexity index is 755. The first-order valence-corrected chi connectivity index (χ1v) is 12.2. The van der Waals surface area contributed by atoms with Crippen LogP contribution in [0.5, 0.6) is 0 Å². The SMILES string of the molecule is C=C1CCC2C3CC(=NOC)C4CC(=NOC5CCNC5)CCC4(C)C3CCC12C. The van der Waals surface area contributed by atoms with Crippen molar-refractivity contribution in [3.63, 3.8) is 0 Å². The van der Waals surface area contributed by atoms with E-state index in [1.165, 1.54) is 49.1 Å². The standard InChI is InChI=1S/C25H39N3O2/c1-16-5-6-20-19-14-23(28-29-4)22-13-17(27-30-18-9-12-26-15-18)7-10-25(22,3)21(19)8-11-24(16,20)2/h18-22,26H,1,5-15H2,2-4H3. The van der Waals surface area contributed by atoms with Crippen LogP contribution in [0.4, 0.5) is 0 Å². The number of hydrogen-bond donors (Lipinski definition) is 1. The normalized spacial score (nSPS) is 48.4. The lowest BCUT2D eigenvalue weighted by Gasteiger charge is -2.59. The topological polar surface area (TPSA) is 55.2 Å². The molecule has 0 bridgehead atoms. The molecule has 5 aliphatic rings. The Morgan fingerprint density at radius 2 is 1.90 bits per heavy atom.